The van der Waals surface area contributed by atoms with Gasteiger partial charge in [0.25, 0.3) is 5.69 Å². The lowest BCUT2D eigenvalue weighted by atomic mass is 10.3. The van der Waals surface area contributed by atoms with Gasteiger partial charge >= 0.3 is 0 Å². The zero-order valence-electron chi connectivity index (χ0n) is 10.3. The largest absolute Gasteiger partial charge is 0.494 e. The fourth-order valence-corrected chi connectivity index (χ4v) is 2.54. The normalized spacial score (nSPS) is 10.4. The summed E-state index contributed by atoms with van der Waals surface area (Å²) in [7, 11) is 0. The molecule has 1 amide bonds. The second-order valence-corrected chi connectivity index (χ2v) is 4.71. The van der Waals surface area contributed by atoms with E-state index in [2.05, 4.69) is 10.3 Å². The molecule has 1 aromatic heterocycles. The van der Waals surface area contributed by atoms with Crippen molar-refractivity contribution in [1.82, 2.24) is 4.98 Å². The molecule has 0 aliphatic rings. The van der Waals surface area contributed by atoms with Crippen molar-refractivity contribution in [1.29, 1.82) is 0 Å². The van der Waals surface area contributed by atoms with Crippen LogP contribution in [0.4, 0.5) is 10.8 Å². The van der Waals surface area contributed by atoms with E-state index >= 15 is 0 Å². The van der Waals surface area contributed by atoms with E-state index in [9.17, 15) is 14.9 Å². The molecule has 19 heavy (non-hydrogen) atoms. The Morgan fingerprint density at radius 2 is 2.32 bits per heavy atom. The Hall–Kier alpha value is -2.22. The van der Waals surface area contributed by atoms with Crippen LogP contribution in [0.1, 0.15) is 13.8 Å². The lowest BCUT2D eigenvalue weighted by Crippen LogP contribution is -2.04. The Kier molecular flexibility index (Phi) is 3.61. The van der Waals surface area contributed by atoms with E-state index in [0.717, 1.165) is 0 Å². The molecule has 0 saturated heterocycles. The highest BCUT2D eigenvalue weighted by Gasteiger charge is 2.19. The number of hydrogen-bond donors (Lipinski definition) is 1. The van der Waals surface area contributed by atoms with Crippen LogP contribution in [-0.2, 0) is 4.79 Å². The number of nitro benzene ring substituents is 1. The molecule has 0 unspecified atom stereocenters. The SMILES string of the molecule is CCOc1cc([N+](=O)[O-])c2nc(NC(C)=O)sc2c1. The van der Waals surface area contributed by atoms with Crippen LogP contribution in [0.25, 0.3) is 10.2 Å². The number of aromatic nitrogens is 1. The Labute approximate surface area is 112 Å². The van der Waals surface area contributed by atoms with Crippen LogP contribution in [0, 0.1) is 10.1 Å². The summed E-state index contributed by atoms with van der Waals surface area (Å²) in [6.07, 6.45) is 0. The average molecular weight is 281 g/mol. The van der Waals surface area contributed by atoms with Gasteiger partial charge in [0.1, 0.15) is 5.75 Å². The number of fused-ring (bicyclic) bond motifs is 1. The molecule has 2 rings (SSSR count). The molecule has 100 valence electrons. The zero-order chi connectivity index (χ0) is 14.0. The summed E-state index contributed by atoms with van der Waals surface area (Å²) in [6, 6.07) is 3.01. The average Bonchev–Trinajstić information content (AvgIpc) is 2.69. The molecule has 2 aromatic rings. The summed E-state index contributed by atoms with van der Waals surface area (Å²) in [5, 5.41) is 13.9. The number of carbonyl (C=O) groups excluding carboxylic acids is 1. The number of nitrogens with zero attached hydrogens (tertiary/aromatic N) is 2. The maximum absolute atomic E-state index is 11.0. The quantitative estimate of drug-likeness (QED) is 0.686. The van der Waals surface area contributed by atoms with Crippen LogP contribution in [0.3, 0.4) is 0 Å². The van der Waals surface area contributed by atoms with E-state index in [1.165, 1.54) is 24.3 Å². The standard InChI is InChI=1S/C11H11N3O4S/c1-3-18-7-4-8(14(16)17)10-9(5-7)19-11(13-10)12-6(2)15/h4-5H,3H2,1-2H3,(H,12,13,15). The predicted octanol–water partition coefficient (Wildman–Crippen LogP) is 2.56. The highest BCUT2D eigenvalue weighted by molar-refractivity contribution is 7.22. The van der Waals surface area contributed by atoms with Gasteiger partial charge in [-0.25, -0.2) is 4.98 Å². The number of rotatable bonds is 4. The monoisotopic (exact) mass is 281 g/mol. The van der Waals surface area contributed by atoms with Gasteiger partial charge in [0.05, 0.1) is 22.3 Å². The first-order valence-corrected chi connectivity index (χ1v) is 6.32. The van der Waals surface area contributed by atoms with Gasteiger partial charge in [-0.3, -0.25) is 14.9 Å². The Balaban J connectivity index is 2.57. The van der Waals surface area contributed by atoms with Crippen LogP contribution in [0.5, 0.6) is 5.75 Å². The molecule has 0 saturated carbocycles. The summed E-state index contributed by atoms with van der Waals surface area (Å²) in [4.78, 5) is 25.6. The maximum atomic E-state index is 11.0. The first-order valence-electron chi connectivity index (χ1n) is 5.50. The molecule has 1 aromatic carbocycles. The summed E-state index contributed by atoms with van der Waals surface area (Å²) < 4.78 is 5.88. The van der Waals surface area contributed by atoms with E-state index in [-0.39, 0.29) is 17.1 Å². The van der Waals surface area contributed by atoms with Crippen LogP contribution in [-0.4, -0.2) is 22.4 Å². The molecule has 0 aliphatic carbocycles. The van der Waals surface area contributed by atoms with Crippen molar-refractivity contribution in [3.8, 4) is 5.75 Å². The number of nitro groups is 1. The molecule has 0 radical (unpaired) electrons. The molecule has 0 bridgehead atoms. The lowest BCUT2D eigenvalue weighted by molar-refractivity contribution is -0.383. The summed E-state index contributed by atoms with van der Waals surface area (Å²) in [6.45, 7) is 3.57. The summed E-state index contributed by atoms with van der Waals surface area (Å²) in [5.74, 6) is 0.145. The zero-order valence-corrected chi connectivity index (χ0v) is 11.1. The lowest BCUT2D eigenvalue weighted by Gasteiger charge is -2.02. The van der Waals surface area contributed by atoms with Crippen molar-refractivity contribution >= 4 is 38.3 Å². The van der Waals surface area contributed by atoms with Crippen molar-refractivity contribution in [3.63, 3.8) is 0 Å². The highest BCUT2D eigenvalue weighted by atomic mass is 32.1. The molecule has 7 nitrogen and oxygen atoms in total. The second-order valence-electron chi connectivity index (χ2n) is 3.68. The van der Waals surface area contributed by atoms with Gasteiger partial charge < -0.3 is 10.1 Å². The molecular weight excluding hydrogens is 270 g/mol. The first kappa shape index (κ1) is 13.2. The summed E-state index contributed by atoms with van der Waals surface area (Å²) in [5.41, 5.74) is 0.121. The molecule has 1 heterocycles. The predicted molar refractivity (Wildman–Crippen MR) is 71.7 cm³/mol. The summed E-state index contributed by atoms with van der Waals surface area (Å²) >= 11 is 1.17. The van der Waals surface area contributed by atoms with E-state index in [1.807, 2.05) is 0 Å². The smallest absolute Gasteiger partial charge is 0.300 e. The number of amides is 1. The number of hydrogen-bond acceptors (Lipinski definition) is 6. The minimum Gasteiger partial charge on any atom is -0.494 e. The van der Waals surface area contributed by atoms with E-state index in [0.29, 0.717) is 22.2 Å². The van der Waals surface area contributed by atoms with Gasteiger partial charge in [0.15, 0.2) is 10.6 Å². The highest BCUT2D eigenvalue weighted by Crippen LogP contribution is 2.36. The van der Waals surface area contributed by atoms with Crippen LogP contribution < -0.4 is 10.1 Å². The van der Waals surface area contributed by atoms with Gasteiger partial charge in [0, 0.05) is 13.0 Å². The van der Waals surface area contributed by atoms with Crippen LogP contribution >= 0.6 is 11.3 Å². The third kappa shape index (κ3) is 2.79. The minimum absolute atomic E-state index is 0.131. The Bertz CT molecular complexity index is 653. The third-order valence-corrected chi connectivity index (χ3v) is 3.16. The number of carbonyl (C=O) groups is 1. The Morgan fingerprint density at radius 3 is 2.89 bits per heavy atom. The number of thiazole rings is 1. The third-order valence-electron chi connectivity index (χ3n) is 2.24. The van der Waals surface area contributed by atoms with Gasteiger partial charge in [-0.2, -0.15) is 0 Å². The van der Waals surface area contributed by atoms with Crippen molar-refractivity contribution in [2.45, 2.75) is 13.8 Å². The fraction of sp³-hybridized carbons (Fsp3) is 0.273. The fourth-order valence-electron chi connectivity index (χ4n) is 1.58. The van der Waals surface area contributed by atoms with Crippen LogP contribution in [0.15, 0.2) is 12.1 Å². The minimum atomic E-state index is -0.512. The van der Waals surface area contributed by atoms with Crippen molar-refractivity contribution in [3.05, 3.63) is 22.2 Å². The molecular formula is C11H11N3O4S. The number of benzene rings is 1. The molecule has 0 atom stereocenters. The van der Waals surface area contributed by atoms with Crippen molar-refractivity contribution < 1.29 is 14.5 Å². The molecule has 0 spiro atoms. The number of ether oxygens (including phenoxy) is 1. The van der Waals surface area contributed by atoms with Crippen molar-refractivity contribution in [2.75, 3.05) is 11.9 Å². The number of non-ortho nitro benzene ring substituents is 1. The van der Waals surface area contributed by atoms with Gasteiger partial charge in [-0.15, -0.1) is 0 Å². The number of nitrogens with one attached hydrogen (secondary N) is 1. The van der Waals surface area contributed by atoms with Crippen molar-refractivity contribution in [2.24, 2.45) is 0 Å². The number of anilines is 1. The Morgan fingerprint density at radius 1 is 1.58 bits per heavy atom. The van der Waals surface area contributed by atoms with E-state index < -0.39 is 4.92 Å². The van der Waals surface area contributed by atoms with Gasteiger partial charge in [0.2, 0.25) is 5.91 Å². The van der Waals surface area contributed by atoms with Gasteiger partial charge in [-0.05, 0) is 6.92 Å². The van der Waals surface area contributed by atoms with Gasteiger partial charge in [-0.1, -0.05) is 11.3 Å². The van der Waals surface area contributed by atoms with E-state index in [1.54, 1.807) is 13.0 Å². The van der Waals surface area contributed by atoms with E-state index in [4.69, 9.17) is 4.74 Å². The first-order chi connectivity index (χ1) is 9.01. The second kappa shape index (κ2) is 5.19. The molecule has 0 aliphatic heterocycles. The molecule has 8 heteroatoms. The molecule has 0 fully saturated rings. The molecule has 1 N–H and O–H groups in total. The topological polar surface area (TPSA) is 94.4 Å². The maximum Gasteiger partial charge on any atom is 0.300 e. The van der Waals surface area contributed by atoms with Crippen LogP contribution in [0.2, 0.25) is 0 Å².